The van der Waals surface area contributed by atoms with Crippen molar-refractivity contribution < 1.29 is 0 Å². The molecule has 260 valence electrons. The first-order chi connectivity index (χ1) is 27.8. The number of aromatic nitrogens is 4. The van der Waals surface area contributed by atoms with Gasteiger partial charge in [0.05, 0.1) is 33.3 Å². The molecular weight excluding hydrogens is 681 g/mol. The van der Waals surface area contributed by atoms with Gasteiger partial charge in [-0.3, -0.25) is 4.57 Å². The predicted molar refractivity (Wildman–Crippen MR) is 234 cm³/mol. The highest BCUT2D eigenvalue weighted by molar-refractivity contribution is 6.28. The molecule has 0 fully saturated rings. The first kappa shape index (κ1) is 30.9. The molecule has 0 saturated heterocycles. The number of hydrogen-bond acceptors (Lipinski definition) is 2. The van der Waals surface area contributed by atoms with Crippen LogP contribution in [0, 0.1) is 0 Å². The average Bonchev–Trinajstić information content (AvgIpc) is 3.79. The summed E-state index contributed by atoms with van der Waals surface area (Å²) in [6.07, 6.45) is 0. The lowest BCUT2D eigenvalue weighted by atomic mass is 10.00. The highest BCUT2D eigenvalue weighted by Crippen LogP contribution is 2.42. The first-order valence-electron chi connectivity index (χ1n) is 19.1. The van der Waals surface area contributed by atoms with E-state index >= 15 is 0 Å². The van der Waals surface area contributed by atoms with Crippen molar-refractivity contribution in [1.82, 2.24) is 19.1 Å². The van der Waals surface area contributed by atoms with Crippen LogP contribution in [-0.4, -0.2) is 19.1 Å². The summed E-state index contributed by atoms with van der Waals surface area (Å²) in [5.41, 5.74) is 10.8. The van der Waals surface area contributed by atoms with Crippen LogP contribution in [0.4, 0.5) is 0 Å². The van der Waals surface area contributed by atoms with Crippen LogP contribution < -0.4 is 0 Å². The summed E-state index contributed by atoms with van der Waals surface area (Å²) in [6, 6.07) is 69.6. The van der Waals surface area contributed by atoms with Gasteiger partial charge in [0, 0.05) is 38.2 Å². The van der Waals surface area contributed by atoms with Crippen LogP contribution in [0.5, 0.6) is 0 Å². The van der Waals surface area contributed by atoms with E-state index in [4.69, 9.17) is 9.97 Å². The summed E-state index contributed by atoms with van der Waals surface area (Å²) in [6.45, 7) is 0. The molecule has 12 aromatic rings. The molecule has 0 amide bonds. The third kappa shape index (κ3) is 4.53. The number of hydrogen-bond donors (Lipinski definition) is 0. The van der Waals surface area contributed by atoms with Crippen LogP contribution in [0.1, 0.15) is 0 Å². The number of nitrogens with zero attached hydrogens (tertiary/aromatic N) is 4. The molecule has 0 aliphatic carbocycles. The second kappa shape index (κ2) is 12.0. The van der Waals surface area contributed by atoms with Crippen LogP contribution in [-0.2, 0) is 0 Å². The number of para-hydroxylation sites is 1. The third-order valence-corrected chi connectivity index (χ3v) is 11.5. The van der Waals surface area contributed by atoms with Crippen molar-refractivity contribution in [2.45, 2.75) is 0 Å². The van der Waals surface area contributed by atoms with Crippen molar-refractivity contribution in [1.29, 1.82) is 0 Å². The topological polar surface area (TPSA) is 35.6 Å². The van der Waals surface area contributed by atoms with Gasteiger partial charge in [0.25, 0.3) is 0 Å². The minimum atomic E-state index is 0.648. The van der Waals surface area contributed by atoms with E-state index < -0.39 is 0 Å². The molecule has 0 saturated carbocycles. The van der Waals surface area contributed by atoms with Crippen molar-refractivity contribution >= 4 is 76.1 Å². The van der Waals surface area contributed by atoms with E-state index in [9.17, 15) is 0 Å². The zero-order chi connectivity index (χ0) is 36.7. The van der Waals surface area contributed by atoms with Crippen molar-refractivity contribution in [3.05, 3.63) is 194 Å². The predicted octanol–water partition coefficient (Wildman–Crippen LogP) is 13.5. The SMILES string of the molecule is c1ccc(-c2ccc3c4cc(-n5c6ccc7ccccc7c6c6c7ccccc7ccc65)ccc4n(-c4nc(-c5ccccc5)c5ccccc5n4)c3c2)cc1. The molecule has 4 nitrogen and oxygen atoms in total. The van der Waals surface area contributed by atoms with Gasteiger partial charge < -0.3 is 4.57 Å². The van der Waals surface area contributed by atoms with Gasteiger partial charge in [0.1, 0.15) is 0 Å². The molecule has 0 unspecified atom stereocenters. The Balaban J connectivity index is 1.18. The molecule has 0 N–H and O–H groups in total. The molecule has 12 rings (SSSR count). The lowest BCUT2D eigenvalue weighted by molar-refractivity contribution is 1.01. The second-order valence-electron chi connectivity index (χ2n) is 14.6. The van der Waals surface area contributed by atoms with Gasteiger partial charge in [-0.2, -0.15) is 0 Å². The Hall–Kier alpha value is -7.56. The van der Waals surface area contributed by atoms with Crippen LogP contribution >= 0.6 is 0 Å². The molecule has 0 atom stereocenters. The molecule has 3 aromatic heterocycles. The van der Waals surface area contributed by atoms with Crippen molar-refractivity contribution in [2.75, 3.05) is 0 Å². The second-order valence-corrected chi connectivity index (χ2v) is 14.6. The summed E-state index contributed by atoms with van der Waals surface area (Å²) >= 11 is 0. The van der Waals surface area contributed by atoms with Gasteiger partial charge >= 0.3 is 0 Å². The minimum Gasteiger partial charge on any atom is -0.309 e. The zero-order valence-electron chi connectivity index (χ0n) is 30.3. The Morgan fingerprint density at radius 2 is 0.911 bits per heavy atom. The van der Waals surface area contributed by atoms with Gasteiger partial charge in [-0.15, -0.1) is 0 Å². The number of benzene rings is 9. The summed E-state index contributed by atoms with van der Waals surface area (Å²) in [5.74, 6) is 0.648. The molecule has 0 radical (unpaired) electrons. The van der Waals surface area contributed by atoms with E-state index in [0.29, 0.717) is 5.95 Å². The summed E-state index contributed by atoms with van der Waals surface area (Å²) < 4.78 is 4.71. The van der Waals surface area contributed by atoms with Crippen LogP contribution in [0.2, 0.25) is 0 Å². The van der Waals surface area contributed by atoms with Gasteiger partial charge in [0.15, 0.2) is 0 Å². The summed E-state index contributed by atoms with van der Waals surface area (Å²) in [7, 11) is 0. The van der Waals surface area contributed by atoms with E-state index in [-0.39, 0.29) is 0 Å². The quantitative estimate of drug-likeness (QED) is 0.182. The zero-order valence-corrected chi connectivity index (χ0v) is 30.3. The smallest absolute Gasteiger partial charge is 0.235 e. The standard InChI is InChI=1S/C52H32N4/c1-3-13-33(14-4-1)37-23-27-41-43-32-38(55-46-28-24-34-15-7-9-19-39(34)49(46)50-40-20-10-8-16-35(40)25-29-47(50)55)26-30-45(43)56(48(41)31-37)52-53-44-22-12-11-21-42(44)51(54-52)36-17-5-2-6-18-36/h1-32H. The van der Waals surface area contributed by atoms with Gasteiger partial charge in [0.2, 0.25) is 5.95 Å². The fourth-order valence-corrected chi connectivity index (χ4v) is 8.98. The summed E-state index contributed by atoms with van der Waals surface area (Å²) in [5, 5.41) is 10.9. The highest BCUT2D eigenvalue weighted by Gasteiger charge is 2.21. The van der Waals surface area contributed by atoms with Crippen LogP contribution in [0.25, 0.3) is 110 Å². The Kier molecular flexibility index (Phi) is 6.60. The normalized spacial score (nSPS) is 11.9. The molecule has 0 aliphatic heterocycles. The maximum atomic E-state index is 5.37. The fraction of sp³-hybridized carbons (Fsp3) is 0. The first-order valence-corrected chi connectivity index (χ1v) is 19.1. The fourth-order valence-electron chi connectivity index (χ4n) is 8.98. The number of rotatable bonds is 4. The largest absolute Gasteiger partial charge is 0.309 e. The van der Waals surface area contributed by atoms with E-state index in [2.05, 4.69) is 197 Å². The average molecular weight is 713 g/mol. The van der Waals surface area contributed by atoms with Crippen molar-refractivity contribution in [3.8, 4) is 34.0 Å². The molecule has 56 heavy (non-hydrogen) atoms. The summed E-state index contributed by atoms with van der Waals surface area (Å²) in [4.78, 5) is 10.6. The van der Waals surface area contributed by atoms with E-state index in [1.165, 1.54) is 48.9 Å². The third-order valence-electron chi connectivity index (χ3n) is 11.5. The van der Waals surface area contributed by atoms with Crippen molar-refractivity contribution in [3.63, 3.8) is 0 Å². The van der Waals surface area contributed by atoms with Gasteiger partial charge in [-0.25, -0.2) is 9.97 Å². The molecule has 0 bridgehead atoms. The van der Waals surface area contributed by atoms with E-state index in [1.54, 1.807) is 0 Å². The Morgan fingerprint density at radius 3 is 1.61 bits per heavy atom. The highest BCUT2D eigenvalue weighted by atomic mass is 15.2. The molecule has 4 heteroatoms. The monoisotopic (exact) mass is 712 g/mol. The van der Waals surface area contributed by atoms with E-state index in [1.807, 2.05) is 6.07 Å². The Bertz CT molecular complexity index is 3430. The minimum absolute atomic E-state index is 0.648. The Labute approximate surface area is 322 Å². The van der Waals surface area contributed by atoms with Crippen LogP contribution in [0.15, 0.2) is 194 Å². The maximum absolute atomic E-state index is 5.37. The lowest BCUT2D eigenvalue weighted by Gasteiger charge is -2.12. The van der Waals surface area contributed by atoms with E-state index in [0.717, 1.165) is 55.2 Å². The number of fused-ring (bicyclic) bond motifs is 11. The molecule has 0 aliphatic rings. The molecular formula is C52H32N4. The maximum Gasteiger partial charge on any atom is 0.235 e. The molecule has 9 aromatic carbocycles. The molecule has 0 spiro atoms. The van der Waals surface area contributed by atoms with Crippen LogP contribution in [0.3, 0.4) is 0 Å². The van der Waals surface area contributed by atoms with Gasteiger partial charge in [-0.1, -0.05) is 152 Å². The van der Waals surface area contributed by atoms with Gasteiger partial charge in [-0.05, 0) is 75.1 Å². The Morgan fingerprint density at radius 1 is 0.321 bits per heavy atom. The molecule has 3 heterocycles. The van der Waals surface area contributed by atoms with Crippen molar-refractivity contribution in [2.24, 2.45) is 0 Å². The lowest BCUT2D eigenvalue weighted by Crippen LogP contribution is -2.03.